The third-order valence-electron chi connectivity index (χ3n) is 8.86. The summed E-state index contributed by atoms with van der Waals surface area (Å²) in [7, 11) is 0. The van der Waals surface area contributed by atoms with Crippen molar-refractivity contribution < 1.29 is 72.8 Å². The van der Waals surface area contributed by atoms with Crippen LogP contribution in [-0.2, 0) is 33.2 Å². The molecule has 2 aliphatic rings. The number of esters is 4. The zero-order valence-corrected chi connectivity index (χ0v) is 29.0. The van der Waals surface area contributed by atoms with Crippen LogP contribution in [0.25, 0.3) is 0 Å². The summed E-state index contributed by atoms with van der Waals surface area (Å²) in [4.78, 5) is 54.1. The fourth-order valence-electron chi connectivity index (χ4n) is 5.96. The molecular formula is C40H38O15. The van der Waals surface area contributed by atoms with Gasteiger partial charge in [-0.2, -0.15) is 0 Å². The number of hydrogen-bond donors (Lipinski definition) is 4. The molecule has 2 saturated heterocycles. The van der Waals surface area contributed by atoms with Crippen molar-refractivity contribution in [3.63, 3.8) is 0 Å². The third kappa shape index (κ3) is 9.41. The van der Waals surface area contributed by atoms with Crippen LogP contribution in [0.1, 0.15) is 41.4 Å². The van der Waals surface area contributed by atoms with Crippen LogP contribution in [0.3, 0.4) is 0 Å². The van der Waals surface area contributed by atoms with Crippen LogP contribution in [0.2, 0.25) is 0 Å². The quantitative estimate of drug-likeness (QED) is 0.120. The summed E-state index contributed by atoms with van der Waals surface area (Å²) in [5.74, 6) is -3.63. The molecule has 4 aromatic rings. The molecule has 0 bridgehead atoms. The Morgan fingerprint density at radius 2 is 0.891 bits per heavy atom. The molecule has 2 heterocycles. The van der Waals surface area contributed by atoms with Gasteiger partial charge in [0.25, 0.3) is 0 Å². The van der Waals surface area contributed by atoms with Gasteiger partial charge in [0.2, 0.25) is 12.4 Å². The van der Waals surface area contributed by atoms with Crippen molar-refractivity contribution in [1.29, 1.82) is 0 Å². The summed E-state index contributed by atoms with van der Waals surface area (Å²) in [6.45, 7) is -1.46. The lowest BCUT2D eigenvalue weighted by molar-refractivity contribution is -0.353. The van der Waals surface area contributed by atoms with Gasteiger partial charge in [0, 0.05) is 0 Å². The van der Waals surface area contributed by atoms with Crippen molar-refractivity contribution in [3.8, 4) is 0 Å². The Bertz CT molecular complexity index is 1880. The minimum absolute atomic E-state index is 0.0543. The SMILES string of the molecule is O=C(OC[C@H]1O[C@H](OC(=O)c2ccccc2)[C@@H](OC(=O)c2ccccc2)[C@@H](OC(=O)c2ccccc2)[C@@H]1O[C@@H]1O[C@H](CO)[C@H](O)[C@H](O)[C@H]1O)c1ccccc1. The molecule has 2 aliphatic heterocycles. The fraction of sp³-hybridized carbons (Fsp3) is 0.300. The standard InChI is InChI=1S/C40H38O15/c41-21-27-29(42)30(43)31(44)39(50-27)54-32-28(22-49-35(45)23-13-5-1-6-14-23)51-40(55-38(48)26-19-11-4-12-20-26)34(53-37(47)25-17-9-3-10-18-25)33(32)52-36(46)24-15-7-2-8-16-24/h1-20,27-34,39-44H,21-22H2/t27-,28-,29+,30+,31-,32-,33+,34+,39+,40-/m1/s1. The molecule has 0 aliphatic carbocycles. The number of carbonyl (C=O) groups excluding carboxylic acids is 4. The molecule has 0 radical (unpaired) electrons. The van der Waals surface area contributed by atoms with E-state index in [4.69, 9.17) is 33.2 Å². The molecule has 2 fully saturated rings. The molecule has 0 amide bonds. The highest BCUT2D eigenvalue weighted by Crippen LogP contribution is 2.34. The lowest BCUT2D eigenvalue weighted by Gasteiger charge is -2.47. The number of aliphatic hydroxyl groups is 4. The number of rotatable bonds is 12. The Kier molecular flexibility index (Phi) is 13.0. The Labute approximate surface area is 314 Å². The first-order chi connectivity index (χ1) is 26.6. The zero-order chi connectivity index (χ0) is 38.9. The van der Waals surface area contributed by atoms with Crippen molar-refractivity contribution in [1.82, 2.24) is 0 Å². The van der Waals surface area contributed by atoms with Gasteiger partial charge in [0.05, 0.1) is 28.9 Å². The Hall–Kier alpha value is -5.52. The minimum atomic E-state index is -1.95. The van der Waals surface area contributed by atoms with Gasteiger partial charge in [0.15, 0.2) is 12.4 Å². The van der Waals surface area contributed by atoms with Crippen LogP contribution in [0, 0.1) is 0 Å². The van der Waals surface area contributed by atoms with E-state index in [2.05, 4.69) is 0 Å². The lowest BCUT2D eigenvalue weighted by atomic mass is 9.96. The molecule has 0 aromatic heterocycles. The molecule has 15 nitrogen and oxygen atoms in total. The first-order valence-electron chi connectivity index (χ1n) is 17.3. The summed E-state index contributed by atoms with van der Waals surface area (Å²) < 4.78 is 41.3. The van der Waals surface area contributed by atoms with E-state index in [1.54, 1.807) is 72.8 Å². The predicted molar refractivity (Wildman–Crippen MR) is 187 cm³/mol. The molecule has 15 heteroatoms. The molecule has 0 saturated carbocycles. The van der Waals surface area contributed by atoms with E-state index >= 15 is 0 Å². The largest absolute Gasteiger partial charge is 0.459 e. The van der Waals surface area contributed by atoms with E-state index < -0.39 is 98.5 Å². The topological polar surface area (TPSA) is 214 Å². The second-order valence-corrected chi connectivity index (χ2v) is 12.5. The predicted octanol–water partition coefficient (Wildman–Crippen LogP) is 2.06. The van der Waals surface area contributed by atoms with Gasteiger partial charge in [-0.15, -0.1) is 0 Å². The van der Waals surface area contributed by atoms with E-state index in [1.165, 1.54) is 48.5 Å². The van der Waals surface area contributed by atoms with Gasteiger partial charge in [-0.25, -0.2) is 19.2 Å². The van der Waals surface area contributed by atoms with E-state index in [9.17, 15) is 39.6 Å². The third-order valence-corrected chi connectivity index (χ3v) is 8.86. The van der Waals surface area contributed by atoms with Crippen LogP contribution in [0.4, 0.5) is 0 Å². The monoisotopic (exact) mass is 758 g/mol. The normalized spacial score (nSPS) is 27.6. The van der Waals surface area contributed by atoms with Crippen LogP contribution in [-0.4, -0.2) is 119 Å². The van der Waals surface area contributed by atoms with Gasteiger partial charge in [0.1, 0.15) is 43.2 Å². The Morgan fingerprint density at radius 1 is 0.473 bits per heavy atom. The summed E-state index contributed by atoms with van der Waals surface area (Å²) in [6, 6.07) is 31.2. The van der Waals surface area contributed by atoms with Gasteiger partial charge < -0.3 is 53.6 Å². The molecule has 6 rings (SSSR count). The van der Waals surface area contributed by atoms with E-state index in [0.717, 1.165) is 0 Å². The molecule has 288 valence electrons. The molecule has 0 spiro atoms. The molecular weight excluding hydrogens is 720 g/mol. The van der Waals surface area contributed by atoms with Gasteiger partial charge in [-0.3, -0.25) is 0 Å². The van der Waals surface area contributed by atoms with E-state index in [-0.39, 0.29) is 22.3 Å². The number of benzene rings is 4. The van der Waals surface area contributed by atoms with Crippen molar-refractivity contribution >= 4 is 23.9 Å². The molecule has 4 aromatic carbocycles. The second kappa shape index (κ2) is 18.2. The van der Waals surface area contributed by atoms with Crippen molar-refractivity contribution in [2.45, 2.75) is 61.4 Å². The lowest BCUT2D eigenvalue weighted by Crippen LogP contribution is -2.66. The van der Waals surface area contributed by atoms with Crippen molar-refractivity contribution in [2.75, 3.05) is 13.2 Å². The first kappa shape index (κ1) is 39.2. The Morgan fingerprint density at radius 3 is 1.36 bits per heavy atom. The summed E-state index contributed by atoms with van der Waals surface area (Å²) in [6.07, 6.45) is -17.5. The first-order valence-corrected chi connectivity index (χ1v) is 17.3. The molecule has 55 heavy (non-hydrogen) atoms. The van der Waals surface area contributed by atoms with Gasteiger partial charge in [-0.05, 0) is 48.5 Å². The van der Waals surface area contributed by atoms with Gasteiger partial charge >= 0.3 is 23.9 Å². The summed E-state index contributed by atoms with van der Waals surface area (Å²) in [5.41, 5.74) is 0.370. The maximum atomic E-state index is 13.8. The number of ether oxygens (including phenoxy) is 7. The van der Waals surface area contributed by atoms with E-state index in [0.29, 0.717) is 0 Å². The number of hydrogen-bond acceptors (Lipinski definition) is 15. The summed E-state index contributed by atoms with van der Waals surface area (Å²) >= 11 is 0. The minimum Gasteiger partial charge on any atom is -0.459 e. The molecule has 10 atom stereocenters. The molecule has 0 unspecified atom stereocenters. The fourth-order valence-corrected chi connectivity index (χ4v) is 5.96. The highest BCUT2D eigenvalue weighted by atomic mass is 16.8. The van der Waals surface area contributed by atoms with E-state index in [1.807, 2.05) is 0 Å². The average molecular weight is 759 g/mol. The smallest absolute Gasteiger partial charge is 0.340 e. The summed E-state index contributed by atoms with van der Waals surface area (Å²) in [5, 5.41) is 41.9. The highest BCUT2D eigenvalue weighted by molar-refractivity contribution is 5.91. The van der Waals surface area contributed by atoms with Crippen LogP contribution in [0.5, 0.6) is 0 Å². The number of aliphatic hydroxyl groups excluding tert-OH is 4. The molecule has 4 N–H and O–H groups in total. The van der Waals surface area contributed by atoms with Crippen molar-refractivity contribution in [2.24, 2.45) is 0 Å². The highest BCUT2D eigenvalue weighted by Gasteiger charge is 2.56. The van der Waals surface area contributed by atoms with Crippen LogP contribution < -0.4 is 0 Å². The maximum absolute atomic E-state index is 13.8. The average Bonchev–Trinajstić information content (AvgIpc) is 3.23. The maximum Gasteiger partial charge on any atom is 0.340 e. The van der Waals surface area contributed by atoms with Crippen molar-refractivity contribution in [3.05, 3.63) is 144 Å². The Balaban J connectivity index is 1.43. The van der Waals surface area contributed by atoms with Crippen LogP contribution in [0.15, 0.2) is 121 Å². The second-order valence-electron chi connectivity index (χ2n) is 12.5. The number of carbonyl (C=O) groups is 4. The van der Waals surface area contributed by atoms with Crippen LogP contribution >= 0.6 is 0 Å². The zero-order valence-electron chi connectivity index (χ0n) is 29.0. The van der Waals surface area contributed by atoms with Gasteiger partial charge in [-0.1, -0.05) is 72.8 Å².